The normalized spacial score (nSPS) is 15.7. The standard InChI is InChI=1S/C15H20ClN3O3/c1-3-15(20)17-12-9-13(14(19(21)22)8-11(12)16)18-6-4-10(2)5-7-18/h8-10H,3-7H2,1-2H3,(H,17,20). The van der Waals surface area contributed by atoms with Crippen molar-refractivity contribution in [2.75, 3.05) is 23.3 Å². The van der Waals surface area contributed by atoms with E-state index in [1.54, 1.807) is 13.0 Å². The summed E-state index contributed by atoms with van der Waals surface area (Å²) >= 11 is 6.07. The highest BCUT2D eigenvalue weighted by Crippen LogP contribution is 2.38. The number of hydrogen-bond acceptors (Lipinski definition) is 4. The largest absolute Gasteiger partial charge is 0.366 e. The number of nitrogens with one attached hydrogen (secondary N) is 1. The van der Waals surface area contributed by atoms with Crippen LogP contribution in [0.15, 0.2) is 12.1 Å². The lowest BCUT2D eigenvalue weighted by Gasteiger charge is -2.32. The summed E-state index contributed by atoms with van der Waals surface area (Å²) in [5, 5.41) is 14.2. The van der Waals surface area contributed by atoms with Crippen LogP contribution in [-0.4, -0.2) is 23.9 Å². The topological polar surface area (TPSA) is 75.5 Å². The molecule has 1 aromatic rings. The SMILES string of the molecule is CCC(=O)Nc1cc(N2CCC(C)CC2)c([N+](=O)[O-])cc1Cl. The molecule has 0 unspecified atom stereocenters. The fraction of sp³-hybridized carbons (Fsp3) is 0.533. The molecular formula is C15H20ClN3O3. The van der Waals surface area contributed by atoms with Crippen molar-refractivity contribution in [2.24, 2.45) is 5.92 Å². The van der Waals surface area contributed by atoms with Crippen LogP contribution in [0.5, 0.6) is 0 Å². The second-order valence-electron chi connectivity index (χ2n) is 5.65. The zero-order valence-electron chi connectivity index (χ0n) is 12.8. The summed E-state index contributed by atoms with van der Waals surface area (Å²) in [4.78, 5) is 24.4. The van der Waals surface area contributed by atoms with Crippen molar-refractivity contribution in [1.29, 1.82) is 0 Å². The highest BCUT2D eigenvalue weighted by atomic mass is 35.5. The van der Waals surface area contributed by atoms with Crippen LogP contribution in [0.25, 0.3) is 0 Å². The van der Waals surface area contributed by atoms with E-state index in [9.17, 15) is 14.9 Å². The summed E-state index contributed by atoms with van der Waals surface area (Å²) < 4.78 is 0. The minimum absolute atomic E-state index is 0.0194. The molecule has 1 heterocycles. The first kappa shape index (κ1) is 16.5. The number of halogens is 1. The van der Waals surface area contributed by atoms with Crippen molar-refractivity contribution >= 4 is 34.6 Å². The van der Waals surface area contributed by atoms with Gasteiger partial charge in [-0.1, -0.05) is 25.4 Å². The summed E-state index contributed by atoms with van der Waals surface area (Å²) in [6.45, 7) is 5.46. The molecule has 1 aliphatic heterocycles. The van der Waals surface area contributed by atoms with Crippen molar-refractivity contribution in [3.05, 3.63) is 27.3 Å². The number of amides is 1. The Morgan fingerprint density at radius 1 is 1.45 bits per heavy atom. The Morgan fingerprint density at radius 2 is 2.09 bits per heavy atom. The van der Waals surface area contributed by atoms with Crippen LogP contribution < -0.4 is 10.2 Å². The maximum atomic E-state index is 11.6. The average Bonchev–Trinajstić information content (AvgIpc) is 2.49. The van der Waals surface area contributed by atoms with E-state index in [0.29, 0.717) is 23.7 Å². The van der Waals surface area contributed by atoms with Gasteiger partial charge in [0.25, 0.3) is 5.69 Å². The Labute approximate surface area is 134 Å². The molecule has 1 aromatic carbocycles. The Kier molecular flexibility index (Phi) is 5.24. The van der Waals surface area contributed by atoms with Crippen LogP contribution >= 0.6 is 11.6 Å². The fourth-order valence-corrected chi connectivity index (χ4v) is 2.74. The molecule has 1 aliphatic rings. The van der Waals surface area contributed by atoms with Crippen molar-refractivity contribution in [2.45, 2.75) is 33.1 Å². The molecule has 1 N–H and O–H groups in total. The molecule has 0 aromatic heterocycles. The van der Waals surface area contributed by atoms with Gasteiger partial charge < -0.3 is 10.2 Å². The number of nitro benzene ring substituents is 1. The quantitative estimate of drug-likeness (QED) is 0.674. The van der Waals surface area contributed by atoms with Gasteiger partial charge in [0.15, 0.2) is 0 Å². The first-order valence-electron chi connectivity index (χ1n) is 7.45. The van der Waals surface area contributed by atoms with E-state index < -0.39 is 4.92 Å². The predicted octanol–water partition coefficient (Wildman–Crippen LogP) is 3.83. The second-order valence-corrected chi connectivity index (χ2v) is 6.06. The minimum Gasteiger partial charge on any atom is -0.366 e. The molecular weight excluding hydrogens is 306 g/mol. The lowest BCUT2D eigenvalue weighted by Crippen LogP contribution is -2.33. The Bertz CT molecular complexity index is 584. The van der Waals surface area contributed by atoms with Crippen LogP contribution in [0, 0.1) is 16.0 Å². The molecule has 7 heteroatoms. The lowest BCUT2D eigenvalue weighted by molar-refractivity contribution is -0.384. The highest BCUT2D eigenvalue weighted by Gasteiger charge is 2.25. The number of carbonyl (C=O) groups is 1. The van der Waals surface area contributed by atoms with E-state index in [1.807, 2.05) is 4.90 Å². The van der Waals surface area contributed by atoms with E-state index in [2.05, 4.69) is 12.2 Å². The number of anilines is 2. The molecule has 2 rings (SSSR count). The Morgan fingerprint density at radius 3 is 2.64 bits per heavy atom. The zero-order valence-corrected chi connectivity index (χ0v) is 13.5. The van der Waals surface area contributed by atoms with Gasteiger partial charge >= 0.3 is 0 Å². The molecule has 0 atom stereocenters. The monoisotopic (exact) mass is 325 g/mol. The Hall–Kier alpha value is -1.82. The fourth-order valence-electron chi connectivity index (χ4n) is 2.53. The van der Waals surface area contributed by atoms with E-state index >= 15 is 0 Å². The van der Waals surface area contributed by atoms with E-state index in [4.69, 9.17) is 11.6 Å². The first-order valence-corrected chi connectivity index (χ1v) is 7.83. The molecule has 1 amide bonds. The van der Waals surface area contributed by atoms with Crippen molar-refractivity contribution < 1.29 is 9.72 Å². The maximum absolute atomic E-state index is 11.6. The summed E-state index contributed by atoms with van der Waals surface area (Å²) in [6.07, 6.45) is 2.32. The molecule has 0 bridgehead atoms. The van der Waals surface area contributed by atoms with Crippen molar-refractivity contribution in [1.82, 2.24) is 0 Å². The minimum atomic E-state index is -0.426. The molecule has 0 radical (unpaired) electrons. The number of nitro groups is 1. The van der Waals surface area contributed by atoms with E-state index in [0.717, 1.165) is 25.9 Å². The van der Waals surface area contributed by atoms with Crippen LogP contribution in [0.2, 0.25) is 5.02 Å². The number of piperidine rings is 1. The highest BCUT2D eigenvalue weighted by molar-refractivity contribution is 6.34. The van der Waals surface area contributed by atoms with Crippen LogP contribution in [0.1, 0.15) is 33.1 Å². The first-order chi connectivity index (χ1) is 10.4. The number of rotatable bonds is 4. The number of nitrogens with zero attached hydrogens (tertiary/aromatic N) is 2. The van der Waals surface area contributed by atoms with Crippen LogP contribution in [0.4, 0.5) is 17.1 Å². The molecule has 22 heavy (non-hydrogen) atoms. The molecule has 0 aliphatic carbocycles. The average molecular weight is 326 g/mol. The molecule has 120 valence electrons. The summed E-state index contributed by atoms with van der Waals surface area (Å²) in [7, 11) is 0. The van der Waals surface area contributed by atoms with Gasteiger partial charge in [0.1, 0.15) is 5.69 Å². The van der Waals surface area contributed by atoms with Gasteiger partial charge in [-0.05, 0) is 24.8 Å². The van der Waals surface area contributed by atoms with Gasteiger partial charge in [-0.3, -0.25) is 14.9 Å². The van der Waals surface area contributed by atoms with Gasteiger partial charge in [0.05, 0.1) is 15.6 Å². The molecule has 1 saturated heterocycles. The molecule has 1 fully saturated rings. The van der Waals surface area contributed by atoms with Crippen LogP contribution in [0.3, 0.4) is 0 Å². The number of benzene rings is 1. The number of carbonyl (C=O) groups excluding carboxylic acids is 1. The second kappa shape index (κ2) is 6.96. The number of hydrogen-bond donors (Lipinski definition) is 1. The summed E-state index contributed by atoms with van der Waals surface area (Å²) in [5.74, 6) is 0.454. The summed E-state index contributed by atoms with van der Waals surface area (Å²) in [6, 6.07) is 2.93. The van der Waals surface area contributed by atoms with Gasteiger partial charge in [-0.2, -0.15) is 0 Å². The lowest BCUT2D eigenvalue weighted by atomic mass is 9.98. The van der Waals surface area contributed by atoms with Crippen molar-refractivity contribution in [3.63, 3.8) is 0 Å². The zero-order chi connectivity index (χ0) is 16.3. The third kappa shape index (κ3) is 3.68. The third-order valence-electron chi connectivity index (χ3n) is 3.98. The molecule has 0 spiro atoms. The molecule has 0 saturated carbocycles. The van der Waals surface area contributed by atoms with Gasteiger partial charge in [-0.15, -0.1) is 0 Å². The predicted molar refractivity (Wildman–Crippen MR) is 87.6 cm³/mol. The third-order valence-corrected chi connectivity index (χ3v) is 4.29. The van der Waals surface area contributed by atoms with Crippen LogP contribution in [-0.2, 0) is 4.79 Å². The maximum Gasteiger partial charge on any atom is 0.294 e. The smallest absolute Gasteiger partial charge is 0.294 e. The van der Waals surface area contributed by atoms with E-state index in [1.165, 1.54) is 6.07 Å². The van der Waals surface area contributed by atoms with Gasteiger partial charge in [0.2, 0.25) is 5.91 Å². The Balaban J connectivity index is 2.38. The molecule has 6 nitrogen and oxygen atoms in total. The van der Waals surface area contributed by atoms with E-state index in [-0.39, 0.29) is 16.6 Å². The van der Waals surface area contributed by atoms with Crippen molar-refractivity contribution in [3.8, 4) is 0 Å². The van der Waals surface area contributed by atoms with Gasteiger partial charge in [-0.25, -0.2) is 0 Å². The van der Waals surface area contributed by atoms with Gasteiger partial charge in [0, 0.05) is 25.6 Å². The summed E-state index contributed by atoms with van der Waals surface area (Å²) in [5.41, 5.74) is 0.925.